The predicted octanol–water partition coefficient (Wildman–Crippen LogP) is 4.52. The SMILES string of the molecule is CCOc1ccc(N(C(=O)c2ccccc2OCC)S(=O)(=O)c2ccccc2)cc1. The molecule has 0 unspecified atom stereocenters. The Labute approximate surface area is 176 Å². The smallest absolute Gasteiger partial charge is 0.276 e. The van der Waals surface area contributed by atoms with E-state index in [-0.39, 0.29) is 16.1 Å². The van der Waals surface area contributed by atoms with Gasteiger partial charge in [0.2, 0.25) is 0 Å². The lowest BCUT2D eigenvalue weighted by molar-refractivity contribution is 0.100. The van der Waals surface area contributed by atoms with Crippen molar-refractivity contribution < 1.29 is 22.7 Å². The van der Waals surface area contributed by atoms with Gasteiger partial charge in [0.05, 0.1) is 29.4 Å². The van der Waals surface area contributed by atoms with Gasteiger partial charge in [-0.05, 0) is 62.4 Å². The van der Waals surface area contributed by atoms with Gasteiger partial charge < -0.3 is 9.47 Å². The second-order valence-electron chi connectivity index (χ2n) is 6.24. The number of para-hydroxylation sites is 1. The highest BCUT2D eigenvalue weighted by Crippen LogP contribution is 2.30. The number of ether oxygens (including phenoxy) is 2. The molecule has 6 nitrogen and oxygen atoms in total. The van der Waals surface area contributed by atoms with Crippen molar-refractivity contribution >= 4 is 21.6 Å². The number of rotatable bonds is 8. The van der Waals surface area contributed by atoms with Crippen LogP contribution in [0.2, 0.25) is 0 Å². The minimum Gasteiger partial charge on any atom is -0.494 e. The molecule has 0 aromatic heterocycles. The summed E-state index contributed by atoms with van der Waals surface area (Å²) in [5.41, 5.74) is 0.367. The maximum Gasteiger partial charge on any atom is 0.276 e. The van der Waals surface area contributed by atoms with Gasteiger partial charge in [0.25, 0.3) is 15.9 Å². The molecule has 0 radical (unpaired) electrons. The van der Waals surface area contributed by atoms with Crippen LogP contribution in [0, 0.1) is 0 Å². The maximum absolute atomic E-state index is 13.5. The molecule has 3 aromatic carbocycles. The van der Waals surface area contributed by atoms with Gasteiger partial charge in [-0.25, -0.2) is 8.42 Å². The molecule has 3 aromatic rings. The van der Waals surface area contributed by atoms with E-state index in [1.807, 2.05) is 6.92 Å². The van der Waals surface area contributed by atoms with Crippen molar-refractivity contribution in [2.24, 2.45) is 0 Å². The molecule has 7 heteroatoms. The fraction of sp³-hybridized carbons (Fsp3) is 0.174. The zero-order valence-corrected chi connectivity index (χ0v) is 17.6. The molecule has 30 heavy (non-hydrogen) atoms. The molecule has 0 saturated carbocycles. The highest BCUT2D eigenvalue weighted by molar-refractivity contribution is 7.93. The van der Waals surface area contributed by atoms with Gasteiger partial charge in [-0.1, -0.05) is 30.3 Å². The Hall–Kier alpha value is -3.32. The van der Waals surface area contributed by atoms with Crippen molar-refractivity contribution in [2.75, 3.05) is 17.5 Å². The summed E-state index contributed by atoms with van der Waals surface area (Å²) in [5, 5.41) is 0. The van der Waals surface area contributed by atoms with Crippen LogP contribution in [0.25, 0.3) is 0 Å². The second kappa shape index (κ2) is 9.45. The maximum atomic E-state index is 13.5. The van der Waals surface area contributed by atoms with Crippen molar-refractivity contribution in [3.05, 3.63) is 84.4 Å². The van der Waals surface area contributed by atoms with E-state index in [0.717, 1.165) is 4.31 Å². The molecule has 0 fully saturated rings. The number of amides is 1. The largest absolute Gasteiger partial charge is 0.494 e. The molecule has 0 aliphatic rings. The summed E-state index contributed by atoms with van der Waals surface area (Å²) in [5.74, 6) is 0.205. The Balaban J connectivity index is 2.14. The quantitative estimate of drug-likeness (QED) is 0.531. The molecule has 0 aliphatic carbocycles. The van der Waals surface area contributed by atoms with Crippen LogP contribution in [0.3, 0.4) is 0 Å². The average molecular weight is 426 g/mol. The standard InChI is InChI=1S/C23H23NO5S/c1-3-28-19-16-14-18(15-17-19)24(30(26,27)20-10-6-5-7-11-20)23(25)21-12-8-9-13-22(21)29-4-2/h5-17H,3-4H2,1-2H3. The third-order valence-corrected chi connectivity index (χ3v) is 5.99. The van der Waals surface area contributed by atoms with Crippen LogP contribution in [0.15, 0.2) is 83.8 Å². The van der Waals surface area contributed by atoms with Gasteiger partial charge in [0.15, 0.2) is 0 Å². The van der Waals surface area contributed by atoms with Crippen LogP contribution in [0.4, 0.5) is 5.69 Å². The van der Waals surface area contributed by atoms with E-state index >= 15 is 0 Å². The van der Waals surface area contributed by atoms with Crippen LogP contribution >= 0.6 is 0 Å². The molecular weight excluding hydrogens is 402 g/mol. The van der Waals surface area contributed by atoms with E-state index in [0.29, 0.717) is 24.7 Å². The molecule has 3 rings (SSSR count). The monoisotopic (exact) mass is 425 g/mol. The number of nitrogens with zero attached hydrogens (tertiary/aromatic N) is 1. The van der Waals surface area contributed by atoms with Crippen LogP contribution in [-0.2, 0) is 10.0 Å². The van der Waals surface area contributed by atoms with Crippen molar-refractivity contribution in [3.8, 4) is 11.5 Å². The highest BCUT2D eigenvalue weighted by atomic mass is 32.2. The Kier molecular flexibility index (Phi) is 6.74. The van der Waals surface area contributed by atoms with E-state index in [9.17, 15) is 13.2 Å². The minimum atomic E-state index is -4.17. The first kappa shape index (κ1) is 21.4. The average Bonchev–Trinajstić information content (AvgIpc) is 2.76. The molecule has 0 N–H and O–H groups in total. The summed E-state index contributed by atoms with van der Waals surface area (Å²) < 4.78 is 38.7. The first-order valence-corrected chi connectivity index (χ1v) is 11.0. The zero-order chi connectivity index (χ0) is 21.6. The van der Waals surface area contributed by atoms with Gasteiger partial charge in [-0.15, -0.1) is 0 Å². The lowest BCUT2D eigenvalue weighted by Crippen LogP contribution is -2.37. The Morgan fingerprint density at radius 2 is 1.40 bits per heavy atom. The van der Waals surface area contributed by atoms with Gasteiger partial charge >= 0.3 is 0 Å². The molecule has 1 amide bonds. The van der Waals surface area contributed by atoms with Crippen LogP contribution < -0.4 is 13.8 Å². The second-order valence-corrected chi connectivity index (χ2v) is 8.03. The third-order valence-electron chi connectivity index (χ3n) is 4.27. The fourth-order valence-corrected chi connectivity index (χ4v) is 4.37. The Morgan fingerprint density at radius 3 is 2.03 bits per heavy atom. The summed E-state index contributed by atoms with van der Waals surface area (Å²) in [6.45, 7) is 4.48. The van der Waals surface area contributed by atoms with E-state index in [4.69, 9.17) is 9.47 Å². The van der Waals surface area contributed by atoms with E-state index in [2.05, 4.69) is 0 Å². The number of hydrogen-bond donors (Lipinski definition) is 0. The molecule has 0 saturated heterocycles. The molecule has 0 spiro atoms. The summed E-state index contributed by atoms with van der Waals surface area (Å²) >= 11 is 0. The Morgan fingerprint density at radius 1 is 0.800 bits per heavy atom. The van der Waals surface area contributed by atoms with Crippen LogP contribution in [0.1, 0.15) is 24.2 Å². The molecule has 0 bridgehead atoms. The van der Waals surface area contributed by atoms with Gasteiger partial charge in [-0.3, -0.25) is 4.79 Å². The van der Waals surface area contributed by atoms with Gasteiger partial charge in [-0.2, -0.15) is 4.31 Å². The summed E-state index contributed by atoms with van der Waals surface area (Å²) in [6, 6.07) is 20.8. The fourth-order valence-electron chi connectivity index (χ4n) is 2.94. The summed E-state index contributed by atoms with van der Waals surface area (Å²) in [7, 11) is -4.17. The van der Waals surface area contributed by atoms with E-state index in [1.54, 1.807) is 73.7 Å². The third kappa shape index (κ3) is 4.46. The van der Waals surface area contributed by atoms with Crippen LogP contribution in [0.5, 0.6) is 11.5 Å². The zero-order valence-electron chi connectivity index (χ0n) is 16.8. The number of hydrogen-bond acceptors (Lipinski definition) is 5. The number of carbonyl (C=O) groups excluding carboxylic acids is 1. The minimum absolute atomic E-state index is 0.0149. The summed E-state index contributed by atoms with van der Waals surface area (Å²) in [4.78, 5) is 13.5. The molecule has 0 heterocycles. The van der Waals surface area contributed by atoms with Crippen molar-refractivity contribution in [1.29, 1.82) is 0 Å². The van der Waals surface area contributed by atoms with Crippen molar-refractivity contribution in [3.63, 3.8) is 0 Å². The lowest BCUT2D eigenvalue weighted by atomic mass is 10.2. The predicted molar refractivity (Wildman–Crippen MR) is 116 cm³/mol. The number of anilines is 1. The summed E-state index contributed by atoms with van der Waals surface area (Å²) in [6.07, 6.45) is 0. The van der Waals surface area contributed by atoms with Crippen LogP contribution in [-0.4, -0.2) is 27.5 Å². The molecular formula is C23H23NO5S. The van der Waals surface area contributed by atoms with Crippen molar-refractivity contribution in [1.82, 2.24) is 0 Å². The van der Waals surface area contributed by atoms with E-state index in [1.165, 1.54) is 12.1 Å². The van der Waals surface area contributed by atoms with Crippen molar-refractivity contribution in [2.45, 2.75) is 18.7 Å². The number of benzene rings is 3. The van der Waals surface area contributed by atoms with Gasteiger partial charge in [0, 0.05) is 0 Å². The first-order valence-electron chi connectivity index (χ1n) is 9.58. The number of sulfonamides is 1. The van der Waals surface area contributed by atoms with E-state index < -0.39 is 15.9 Å². The normalized spacial score (nSPS) is 11.0. The Bertz CT molecular complexity index is 1100. The molecule has 0 atom stereocenters. The first-order chi connectivity index (χ1) is 14.5. The molecule has 0 aliphatic heterocycles. The lowest BCUT2D eigenvalue weighted by Gasteiger charge is -2.24. The topological polar surface area (TPSA) is 72.9 Å². The molecule has 156 valence electrons. The highest BCUT2D eigenvalue weighted by Gasteiger charge is 2.33. The van der Waals surface area contributed by atoms with Gasteiger partial charge in [0.1, 0.15) is 11.5 Å². The number of carbonyl (C=O) groups is 1.